The third kappa shape index (κ3) is 5.46. The molecule has 0 aromatic heterocycles. The highest BCUT2D eigenvalue weighted by Gasteiger charge is 2.24. The zero-order valence-electron chi connectivity index (χ0n) is 15.1. The molecule has 2 rings (SSSR count). The molecule has 0 aromatic carbocycles. The van der Waals surface area contributed by atoms with Crippen LogP contribution in [-0.4, -0.2) is 98.5 Å². The van der Waals surface area contributed by atoms with Crippen LogP contribution in [0.15, 0.2) is 0 Å². The van der Waals surface area contributed by atoms with Crippen molar-refractivity contribution < 1.29 is 9.47 Å². The van der Waals surface area contributed by atoms with Crippen LogP contribution in [0.25, 0.3) is 0 Å². The highest BCUT2D eigenvalue weighted by molar-refractivity contribution is 4.78. The molecular weight excluding hydrogens is 278 g/mol. The van der Waals surface area contributed by atoms with Crippen LogP contribution < -0.4 is 0 Å². The van der Waals surface area contributed by atoms with Gasteiger partial charge in [0.15, 0.2) is 0 Å². The van der Waals surface area contributed by atoms with Gasteiger partial charge >= 0.3 is 0 Å². The molecule has 0 radical (unpaired) electrons. The first-order valence-corrected chi connectivity index (χ1v) is 8.85. The zero-order valence-corrected chi connectivity index (χ0v) is 15.1. The average molecular weight is 313 g/mol. The highest BCUT2D eigenvalue weighted by atomic mass is 16.5. The van der Waals surface area contributed by atoms with Crippen molar-refractivity contribution in [2.75, 3.05) is 59.5 Å². The van der Waals surface area contributed by atoms with Gasteiger partial charge in [-0.2, -0.15) is 0 Å². The Kier molecular flexibility index (Phi) is 7.09. The summed E-state index contributed by atoms with van der Waals surface area (Å²) in [6.45, 7) is 17.3. The van der Waals surface area contributed by atoms with Gasteiger partial charge < -0.3 is 14.4 Å². The number of hydrogen-bond acceptors (Lipinski definition) is 5. The molecule has 0 amide bonds. The highest BCUT2D eigenvalue weighted by Crippen LogP contribution is 2.12. The minimum atomic E-state index is 0.372. The van der Waals surface area contributed by atoms with Crippen LogP contribution in [0.2, 0.25) is 0 Å². The number of rotatable bonds is 6. The lowest BCUT2D eigenvalue weighted by Gasteiger charge is -2.39. The first kappa shape index (κ1) is 18.1. The SMILES string of the molecule is C[C@@H]1CN(CCN(C)CCN2C[C@H](C)OC[C@H]2C)[C@H](C)CO1. The maximum Gasteiger partial charge on any atom is 0.0674 e. The maximum atomic E-state index is 5.70. The van der Waals surface area contributed by atoms with E-state index in [1.165, 1.54) is 0 Å². The Bertz CT molecular complexity index is 299. The predicted molar refractivity (Wildman–Crippen MR) is 90.4 cm³/mol. The van der Waals surface area contributed by atoms with Crippen molar-refractivity contribution in [2.45, 2.75) is 52.0 Å². The van der Waals surface area contributed by atoms with Gasteiger partial charge in [0, 0.05) is 51.4 Å². The summed E-state index contributed by atoms with van der Waals surface area (Å²) >= 11 is 0. The van der Waals surface area contributed by atoms with E-state index in [0.29, 0.717) is 24.3 Å². The Morgan fingerprint density at radius 2 is 1.23 bits per heavy atom. The summed E-state index contributed by atoms with van der Waals surface area (Å²) in [5.41, 5.74) is 0. The van der Waals surface area contributed by atoms with Crippen molar-refractivity contribution in [3.63, 3.8) is 0 Å². The van der Waals surface area contributed by atoms with E-state index in [1.807, 2.05) is 0 Å². The van der Waals surface area contributed by atoms with Crippen molar-refractivity contribution >= 4 is 0 Å². The molecule has 2 aliphatic heterocycles. The molecule has 2 saturated heterocycles. The molecule has 4 atom stereocenters. The van der Waals surface area contributed by atoms with Gasteiger partial charge in [-0.05, 0) is 34.7 Å². The third-order valence-corrected chi connectivity index (χ3v) is 5.01. The molecule has 2 heterocycles. The standard InChI is InChI=1S/C17H35N3O2/c1-14-12-21-16(3)10-19(14)8-6-18(5)7-9-20-11-17(4)22-13-15(20)2/h14-17H,6-13H2,1-5H3/t14-,15-,16-,17+/m1/s1. The molecule has 0 spiro atoms. The van der Waals surface area contributed by atoms with E-state index in [0.717, 1.165) is 52.5 Å². The van der Waals surface area contributed by atoms with Crippen LogP contribution in [0.4, 0.5) is 0 Å². The molecular formula is C17H35N3O2. The quantitative estimate of drug-likeness (QED) is 0.733. The van der Waals surface area contributed by atoms with E-state index < -0.39 is 0 Å². The molecule has 2 fully saturated rings. The molecule has 22 heavy (non-hydrogen) atoms. The normalized spacial score (nSPS) is 35.2. The molecule has 0 bridgehead atoms. The lowest BCUT2D eigenvalue weighted by atomic mass is 10.2. The van der Waals surface area contributed by atoms with E-state index in [4.69, 9.17) is 9.47 Å². The van der Waals surface area contributed by atoms with Crippen LogP contribution >= 0.6 is 0 Å². The number of likely N-dealkylation sites (N-methyl/N-ethyl adjacent to an activating group) is 1. The van der Waals surface area contributed by atoms with Gasteiger partial charge in [0.25, 0.3) is 0 Å². The van der Waals surface area contributed by atoms with E-state index >= 15 is 0 Å². The summed E-state index contributed by atoms with van der Waals surface area (Å²) in [6, 6.07) is 1.09. The second-order valence-corrected chi connectivity index (χ2v) is 7.28. The number of hydrogen-bond donors (Lipinski definition) is 0. The van der Waals surface area contributed by atoms with Gasteiger partial charge in [0.05, 0.1) is 25.4 Å². The molecule has 0 unspecified atom stereocenters. The number of ether oxygens (including phenoxy) is 2. The Hall–Kier alpha value is -0.200. The summed E-state index contributed by atoms with van der Waals surface area (Å²) in [5.74, 6) is 0. The zero-order chi connectivity index (χ0) is 16.1. The first-order chi connectivity index (χ1) is 10.5. The maximum absolute atomic E-state index is 5.70. The fourth-order valence-electron chi connectivity index (χ4n) is 3.28. The molecule has 0 aliphatic carbocycles. The van der Waals surface area contributed by atoms with Gasteiger partial charge in [-0.25, -0.2) is 0 Å². The second-order valence-electron chi connectivity index (χ2n) is 7.28. The van der Waals surface area contributed by atoms with Crippen molar-refractivity contribution in [1.29, 1.82) is 0 Å². The smallest absolute Gasteiger partial charge is 0.0674 e. The molecule has 0 N–H and O–H groups in total. The van der Waals surface area contributed by atoms with Crippen LogP contribution in [0.1, 0.15) is 27.7 Å². The second kappa shape index (κ2) is 8.60. The van der Waals surface area contributed by atoms with Gasteiger partial charge in [-0.1, -0.05) is 0 Å². The number of morpholine rings is 2. The topological polar surface area (TPSA) is 28.2 Å². The lowest BCUT2D eigenvalue weighted by Crippen LogP contribution is -2.51. The predicted octanol–water partition coefficient (Wildman–Crippen LogP) is 1.14. The number of nitrogens with zero attached hydrogens (tertiary/aromatic N) is 3. The van der Waals surface area contributed by atoms with Crippen molar-refractivity contribution in [3.8, 4) is 0 Å². The average Bonchev–Trinajstić information content (AvgIpc) is 2.49. The summed E-state index contributed by atoms with van der Waals surface area (Å²) < 4.78 is 11.4. The van der Waals surface area contributed by atoms with E-state index in [1.54, 1.807) is 0 Å². The van der Waals surface area contributed by atoms with Gasteiger partial charge in [-0.3, -0.25) is 9.80 Å². The molecule has 0 aromatic rings. The Morgan fingerprint density at radius 1 is 0.818 bits per heavy atom. The molecule has 130 valence electrons. The third-order valence-electron chi connectivity index (χ3n) is 5.01. The van der Waals surface area contributed by atoms with Crippen molar-refractivity contribution in [3.05, 3.63) is 0 Å². The monoisotopic (exact) mass is 313 g/mol. The fraction of sp³-hybridized carbons (Fsp3) is 1.00. The Balaban J connectivity index is 1.66. The molecule has 2 aliphatic rings. The van der Waals surface area contributed by atoms with Gasteiger partial charge in [0.2, 0.25) is 0 Å². The first-order valence-electron chi connectivity index (χ1n) is 8.85. The fourth-order valence-corrected chi connectivity index (χ4v) is 3.28. The van der Waals surface area contributed by atoms with E-state index in [9.17, 15) is 0 Å². The van der Waals surface area contributed by atoms with Crippen LogP contribution in [0.5, 0.6) is 0 Å². The van der Waals surface area contributed by atoms with Crippen LogP contribution in [-0.2, 0) is 9.47 Å². The lowest BCUT2D eigenvalue weighted by molar-refractivity contribution is -0.0552. The van der Waals surface area contributed by atoms with Gasteiger partial charge in [0.1, 0.15) is 0 Å². The molecule has 5 heteroatoms. The summed E-state index contributed by atoms with van der Waals surface area (Å²) in [6.07, 6.45) is 0.745. The van der Waals surface area contributed by atoms with Gasteiger partial charge in [-0.15, -0.1) is 0 Å². The molecule has 0 saturated carbocycles. The summed E-state index contributed by atoms with van der Waals surface area (Å²) in [4.78, 5) is 7.58. The minimum absolute atomic E-state index is 0.372. The summed E-state index contributed by atoms with van der Waals surface area (Å²) in [5, 5.41) is 0. The molecule has 5 nitrogen and oxygen atoms in total. The van der Waals surface area contributed by atoms with Crippen molar-refractivity contribution in [2.24, 2.45) is 0 Å². The minimum Gasteiger partial charge on any atom is -0.376 e. The van der Waals surface area contributed by atoms with E-state index in [2.05, 4.69) is 49.4 Å². The van der Waals surface area contributed by atoms with E-state index in [-0.39, 0.29) is 0 Å². The Labute approximate surface area is 136 Å². The summed E-state index contributed by atoms with van der Waals surface area (Å²) in [7, 11) is 2.24. The Morgan fingerprint density at radius 3 is 1.64 bits per heavy atom. The van der Waals surface area contributed by atoms with Crippen molar-refractivity contribution in [1.82, 2.24) is 14.7 Å². The largest absolute Gasteiger partial charge is 0.376 e. The van der Waals surface area contributed by atoms with Crippen LogP contribution in [0.3, 0.4) is 0 Å². The van der Waals surface area contributed by atoms with Crippen LogP contribution in [0, 0.1) is 0 Å².